The van der Waals surface area contributed by atoms with Gasteiger partial charge in [-0.25, -0.2) is 9.48 Å². The van der Waals surface area contributed by atoms with Crippen molar-refractivity contribution in [3.05, 3.63) is 11.9 Å². The third-order valence-electron chi connectivity index (χ3n) is 3.82. The van der Waals surface area contributed by atoms with Crippen molar-refractivity contribution in [2.45, 2.75) is 30.8 Å². The Morgan fingerprint density at radius 3 is 2.86 bits per heavy atom. The molecule has 8 nitrogen and oxygen atoms in total. The van der Waals surface area contributed by atoms with Gasteiger partial charge in [0.2, 0.25) is 0 Å². The van der Waals surface area contributed by atoms with Crippen LogP contribution in [-0.2, 0) is 4.79 Å². The van der Waals surface area contributed by atoms with Crippen LogP contribution in [0.2, 0.25) is 0 Å². The van der Waals surface area contributed by atoms with Gasteiger partial charge in [0.15, 0.2) is 5.69 Å². The number of carbonyl (C=O) groups is 2. The summed E-state index contributed by atoms with van der Waals surface area (Å²) in [5.74, 6) is -0.902. The minimum atomic E-state index is -0.970. The van der Waals surface area contributed by atoms with Gasteiger partial charge < -0.3 is 15.3 Å². The summed E-state index contributed by atoms with van der Waals surface area (Å²) >= 11 is 1.50. The molecule has 0 aliphatic carbocycles. The zero-order valence-corrected chi connectivity index (χ0v) is 12.4. The van der Waals surface area contributed by atoms with Crippen LogP contribution in [0, 0.1) is 0 Å². The number of nitrogens with one attached hydrogen (secondary N) is 1. The van der Waals surface area contributed by atoms with Crippen molar-refractivity contribution < 1.29 is 14.7 Å². The number of thioether (sulfide) groups is 1. The fourth-order valence-corrected chi connectivity index (χ4v) is 3.83. The zero-order valence-electron chi connectivity index (χ0n) is 11.6. The second kappa shape index (κ2) is 5.64. The average Bonchev–Trinajstić information content (AvgIpc) is 3.01. The summed E-state index contributed by atoms with van der Waals surface area (Å²) in [4.78, 5) is 25.3. The maximum Gasteiger partial charge on any atom is 0.327 e. The number of nitrogens with zero attached hydrogens (tertiary/aromatic N) is 4. The predicted octanol–water partition coefficient (Wildman–Crippen LogP) is -0.199. The number of carboxylic acid groups (broad SMARTS) is 1. The van der Waals surface area contributed by atoms with Gasteiger partial charge in [0.1, 0.15) is 6.04 Å². The van der Waals surface area contributed by atoms with Crippen LogP contribution in [0.5, 0.6) is 0 Å². The molecule has 114 valence electrons. The first kappa shape index (κ1) is 14.3. The van der Waals surface area contributed by atoms with Crippen LogP contribution in [0.3, 0.4) is 0 Å². The lowest BCUT2D eigenvalue weighted by Crippen LogP contribution is -2.45. The van der Waals surface area contributed by atoms with E-state index in [0.29, 0.717) is 12.2 Å². The second-order valence-electron chi connectivity index (χ2n) is 5.16. The maximum absolute atomic E-state index is 12.6. The van der Waals surface area contributed by atoms with Crippen LogP contribution in [-0.4, -0.2) is 67.1 Å². The van der Waals surface area contributed by atoms with Crippen LogP contribution in [0.15, 0.2) is 6.20 Å². The van der Waals surface area contributed by atoms with Crippen molar-refractivity contribution in [2.24, 2.45) is 0 Å². The molecule has 21 heavy (non-hydrogen) atoms. The van der Waals surface area contributed by atoms with Crippen LogP contribution in [0.25, 0.3) is 0 Å². The molecule has 9 heteroatoms. The molecule has 1 aromatic heterocycles. The molecule has 3 rings (SSSR count). The van der Waals surface area contributed by atoms with Gasteiger partial charge in [-0.1, -0.05) is 12.1 Å². The molecule has 3 heterocycles. The fraction of sp³-hybridized carbons (Fsp3) is 0.667. The quantitative estimate of drug-likeness (QED) is 0.794. The Hall–Kier alpha value is -1.61. The Morgan fingerprint density at radius 2 is 2.29 bits per heavy atom. The number of hydrogen-bond acceptors (Lipinski definition) is 6. The summed E-state index contributed by atoms with van der Waals surface area (Å²) in [6, 6.07) is -0.563. The van der Waals surface area contributed by atoms with Crippen molar-refractivity contribution in [1.29, 1.82) is 0 Å². The van der Waals surface area contributed by atoms with Gasteiger partial charge in [0, 0.05) is 18.8 Å². The zero-order chi connectivity index (χ0) is 15.0. The Balaban J connectivity index is 1.81. The highest BCUT2D eigenvalue weighted by Gasteiger charge is 2.42. The van der Waals surface area contributed by atoms with E-state index in [-0.39, 0.29) is 23.0 Å². The highest BCUT2D eigenvalue weighted by molar-refractivity contribution is 8.00. The Bertz CT molecular complexity index is 559. The summed E-state index contributed by atoms with van der Waals surface area (Å²) in [5, 5.41) is 20.2. The van der Waals surface area contributed by atoms with Crippen LogP contribution >= 0.6 is 11.8 Å². The predicted molar refractivity (Wildman–Crippen MR) is 76.1 cm³/mol. The molecule has 2 atom stereocenters. The van der Waals surface area contributed by atoms with Crippen molar-refractivity contribution in [1.82, 2.24) is 25.2 Å². The van der Waals surface area contributed by atoms with Crippen LogP contribution in [0.1, 0.15) is 29.9 Å². The fourth-order valence-electron chi connectivity index (χ4n) is 2.49. The Labute approximate surface area is 125 Å². The molecule has 0 spiro atoms. The molecule has 2 N–H and O–H groups in total. The molecule has 0 bridgehead atoms. The number of hydrogen-bond donors (Lipinski definition) is 2. The molecule has 2 aliphatic heterocycles. The second-order valence-corrected chi connectivity index (χ2v) is 6.37. The van der Waals surface area contributed by atoms with Crippen molar-refractivity contribution in [3.63, 3.8) is 0 Å². The van der Waals surface area contributed by atoms with Gasteiger partial charge in [-0.3, -0.25) is 4.79 Å². The van der Waals surface area contributed by atoms with Gasteiger partial charge in [-0.2, -0.15) is 0 Å². The average molecular weight is 311 g/mol. The molecular weight excluding hydrogens is 294 g/mol. The number of carbonyl (C=O) groups excluding carboxylic acids is 1. The number of carboxylic acids is 1. The highest BCUT2D eigenvalue weighted by Crippen LogP contribution is 2.32. The first-order chi connectivity index (χ1) is 10.1. The van der Waals surface area contributed by atoms with Crippen molar-refractivity contribution >= 4 is 23.6 Å². The largest absolute Gasteiger partial charge is 0.480 e. The topological polar surface area (TPSA) is 100 Å². The molecular formula is C12H17N5O3S. The summed E-state index contributed by atoms with van der Waals surface area (Å²) in [6.45, 7) is 3.57. The standard InChI is InChI=1S/C12H17N5O3S/c1-2-10-17(9(6-21-10)12(19)20)11(18)8-5-16(15-14-8)7-3-13-4-7/h5,7,9-10,13H,2-4,6H2,1H3,(H,19,20). The van der Waals surface area contributed by atoms with E-state index in [1.165, 1.54) is 16.7 Å². The molecule has 2 aliphatic rings. The molecule has 1 amide bonds. The lowest BCUT2D eigenvalue weighted by molar-refractivity contribution is -0.141. The van der Waals surface area contributed by atoms with Crippen LogP contribution < -0.4 is 5.32 Å². The summed E-state index contributed by atoms with van der Waals surface area (Å²) in [7, 11) is 0. The monoisotopic (exact) mass is 311 g/mol. The molecule has 0 saturated carbocycles. The van der Waals surface area contributed by atoms with Gasteiger partial charge in [-0.05, 0) is 6.42 Å². The molecule has 0 radical (unpaired) electrons. The first-order valence-corrected chi connectivity index (χ1v) is 7.96. The van der Waals surface area contributed by atoms with E-state index in [9.17, 15) is 14.7 Å². The van der Waals surface area contributed by atoms with Crippen molar-refractivity contribution in [3.8, 4) is 0 Å². The van der Waals surface area contributed by atoms with E-state index >= 15 is 0 Å². The lowest BCUT2D eigenvalue weighted by Gasteiger charge is -2.27. The third kappa shape index (κ3) is 2.51. The van der Waals surface area contributed by atoms with Gasteiger partial charge in [0.25, 0.3) is 5.91 Å². The first-order valence-electron chi connectivity index (χ1n) is 6.91. The minimum Gasteiger partial charge on any atom is -0.480 e. The number of aromatic nitrogens is 3. The lowest BCUT2D eigenvalue weighted by atomic mass is 10.2. The molecule has 1 aromatic rings. The number of rotatable bonds is 4. The van der Waals surface area contributed by atoms with Gasteiger partial charge >= 0.3 is 5.97 Å². The highest BCUT2D eigenvalue weighted by atomic mass is 32.2. The molecule has 0 aromatic carbocycles. The van der Waals surface area contributed by atoms with E-state index in [4.69, 9.17) is 0 Å². The van der Waals surface area contributed by atoms with Crippen molar-refractivity contribution in [2.75, 3.05) is 18.8 Å². The van der Waals surface area contributed by atoms with E-state index in [1.54, 1.807) is 10.9 Å². The van der Waals surface area contributed by atoms with E-state index in [0.717, 1.165) is 13.1 Å². The SMILES string of the molecule is CCC1SCC(C(=O)O)N1C(=O)c1cn(C2CNC2)nn1. The van der Waals surface area contributed by atoms with Gasteiger partial charge in [-0.15, -0.1) is 16.9 Å². The van der Waals surface area contributed by atoms with E-state index in [1.807, 2.05) is 6.92 Å². The van der Waals surface area contributed by atoms with Gasteiger partial charge in [0.05, 0.1) is 17.6 Å². The normalized spacial score (nSPS) is 25.9. The Morgan fingerprint density at radius 1 is 1.52 bits per heavy atom. The number of aliphatic carboxylic acids is 1. The number of amides is 1. The Kier molecular flexibility index (Phi) is 3.85. The summed E-state index contributed by atoms with van der Waals surface area (Å²) < 4.78 is 1.67. The van der Waals surface area contributed by atoms with E-state index < -0.39 is 12.0 Å². The molecule has 2 fully saturated rings. The summed E-state index contributed by atoms with van der Waals surface area (Å²) in [5.41, 5.74) is 0.217. The van der Waals surface area contributed by atoms with Crippen LogP contribution in [0.4, 0.5) is 0 Å². The third-order valence-corrected chi connectivity index (χ3v) is 5.28. The van der Waals surface area contributed by atoms with E-state index in [2.05, 4.69) is 15.6 Å². The smallest absolute Gasteiger partial charge is 0.327 e. The minimum absolute atomic E-state index is 0.117. The molecule has 2 unspecified atom stereocenters. The summed E-state index contributed by atoms with van der Waals surface area (Å²) in [6.07, 6.45) is 2.32. The maximum atomic E-state index is 12.6. The molecule has 2 saturated heterocycles.